The molecule has 2 aliphatic rings. The molecule has 0 saturated heterocycles. The molecule has 3 nitrogen and oxygen atoms in total. The third-order valence-electron chi connectivity index (χ3n) is 4.50. The van der Waals surface area contributed by atoms with Gasteiger partial charge in [-0.15, -0.1) is 5.10 Å². The number of nitrogens with zero attached hydrogens (tertiary/aromatic N) is 3. The highest BCUT2D eigenvalue weighted by Crippen LogP contribution is 2.33. The number of hydrogen-bond donors (Lipinski definition) is 0. The van der Waals surface area contributed by atoms with Crippen molar-refractivity contribution in [2.75, 3.05) is 0 Å². The Kier molecular flexibility index (Phi) is 3.44. The summed E-state index contributed by atoms with van der Waals surface area (Å²) in [6, 6.07) is 0.633. The maximum atomic E-state index is 4.43. The highest BCUT2D eigenvalue weighted by atomic mass is 15.4. The summed E-state index contributed by atoms with van der Waals surface area (Å²) >= 11 is 0. The highest BCUT2D eigenvalue weighted by molar-refractivity contribution is 5.03. The minimum absolute atomic E-state index is 0.633. The van der Waals surface area contributed by atoms with E-state index in [9.17, 15) is 0 Å². The van der Waals surface area contributed by atoms with Crippen molar-refractivity contribution >= 4 is 0 Å². The number of rotatable bonds is 2. The predicted molar refractivity (Wildman–Crippen MR) is 68.0 cm³/mol. The quantitative estimate of drug-likeness (QED) is 0.777. The molecule has 3 heteroatoms. The van der Waals surface area contributed by atoms with Gasteiger partial charge in [0.2, 0.25) is 0 Å². The summed E-state index contributed by atoms with van der Waals surface area (Å²) < 4.78 is 2.16. The smallest absolute Gasteiger partial charge is 0.0858 e. The van der Waals surface area contributed by atoms with Gasteiger partial charge in [0.05, 0.1) is 11.7 Å². The van der Waals surface area contributed by atoms with Crippen molar-refractivity contribution in [3.8, 4) is 0 Å². The lowest BCUT2D eigenvalue weighted by molar-refractivity contribution is 0.324. The van der Waals surface area contributed by atoms with Gasteiger partial charge >= 0.3 is 0 Å². The second-order valence-corrected chi connectivity index (χ2v) is 5.75. The second-order valence-electron chi connectivity index (χ2n) is 5.75. The SMILES string of the molecule is c1c(C2CCCCC2)nnn1C1CCCCC1. The van der Waals surface area contributed by atoms with Gasteiger partial charge in [0.15, 0.2) is 0 Å². The predicted octanol–water partition coefficient (Wildman–Crippen LogP) is 3.83. The Labute approximate surface area is 104 Å². The molecule has 2 aliphatic carbocycles. The Morgan fingerprint density at radius 1 is 0.882 bits per heavy atom. The zero-order chi connectivity index (χ0) is 11.5. The topological polar surface area (TPSA) is 30.7 Å². The maximum absolute atomic E-state index is 4.43. The van der Waals surface area contributed by atoms with Crippen LogP contribution in [0, 0.1) is 0 Å². The van der Waals surface area contributed by atoms with Gasteiger partial charge in [-0.3, -0.25) is 0 Å². The largest absolute Gasteiger partial charge is 0.249 e. The lowest BCUT2D eigenvalue weighted by Gasteiger charge is -2.21. The van der Waals surface area contributed by atoms with Gasteiger partial charge < -0.3 is 0 Å². The van der Waals surface area contributed by atoms with Crippen LogP contribution in [0.1, 0.15) is 81.9 Å². The van der Waals surface area contributed by atoms with Crippen LogP contribution in [0.3, 0.4) is 0 Å². The minimum Gasteiger partial charge on any atom is -0.249 e. The monoisotopic (exact) mass is 233 g/mol. The average Bonchev–Trinajstić information content (AvgIpc) is 2.90. The molecule has 2 saturated carbocycles. The van der Waals surface area contributed by atoms with Crippen molar-refractivity contribution in [1.29, 1.82) is 0 Å². The second kappa shape index (κ2) is 5.19. The van der Waals surface area contributed by atoms with E-state index in [-0.39, 0.29) is 0 Å². The van der Waals surface area contributed by atoms with E-state index in [1.807, 2.05) is 0 Å². The molecular formula is C14H23N3. The van der Waals surface area contributed by atoms with Crippen molar-refractivity contribution in [3.05, 3.63) is 11.9 Å². The third kappa shape index (κ3) is 2.53. The Balaban J connectivity index is 1.68. The summed E-state index contributed by atoms with van der Waals surface area (Å²) in [6.45, 7) is 0. The lowest BCUT2D eigenvalue weighted by Crippen LogP contribution is -2.13. The van der Waals surface area contributed by atoms with Crippen LogP contribution in [0.25, 0.3) is 0 Å². The molecule has 0 N–H and O–H groups in total. The maximum Gasteiger partial charge on any atom is 0.0858 e. The Morgan fingerprint density at radius 3 is 2.24 bits per heavy atom. The zero-order valence-corrected chi connectivity index (χ0v) is 10.6. The van der Waals surface area contributed by atoms with Gasteiger partial charge in [-0.05, 0) is 25.7 Å². The first kappa shape index (κ1) is 11.2. The van der Waals surface area contributed by atoms with E-state index in [0.29, 0.717) is 12.0 Å². The Bertz CT molecular complexity index is 314. The third-order valence-corrected chi connectivity index (χ3v) is 4.50. The van der Waals surface area contributed by atoms with Crippen LogP contribution in [0.2, 0.25) is 0 Å². The molecule has 0 atom stereocenters. The Morgan fingerprint density at radius 2 is 1.53 bits per heavy atom. The fourth-order valence-electron chi connectivity index (χ4n) is 3.40. The molecule has 0 unspecified atom stereocenters. The molecule has 0 aliphatic heterocycles. The summed E-state index contributed by atoms with van der Waals surface area (Å²) in [6.07, 6.45) is 15.8. The van der Waals surface area contributed by atoms with E-state index in [1.165, 1.54) is 69.9 Å². The number of hydrogen-bond acceptors (Lipinski definition) is 2. The highest BCUT2D eigenvalue weighted by Gasteiger charge is 2.21. The molecule has 1 aromatic heterocycles. The fraction of sp³-hybridized carbons (Fsp3) is 0.857. The van der Waals surface area contributed by atoms with Crippen LogP contribution in [0.15, 0.2) is 6.20 Å². The first-order chi connectivity index (χ1) is 8.43. The first-order valence-electron chi connectivity index (χ1n) is 7.35. The normalized spacial score (nSPS) is 24.0. The van der Waals surface area contributed by atoms with E-state index in [2.05, 4.69) is 21.2 Å². The van der Waals surface area contributed by atoms with Gasteiger partial charge in [-0.1, -0.05) is 43.7 Å². The van der Waals surface area contributed by atoms with E-state index in [0.717, 1.165) is 0 Å². The van der Waals surface area contributed by atoms with Gasteiger partial charge in [0, 0.05) is 12.1 Å². The molecule has 2 fully saturated rings. The molecule has 17 heavy (non-hydrogen) atoms. The van der Waals surface area contributed by atoms with Gasteiger partial charge in [0.1, 0.15) is 0 Å². The summed E-state index contributed by atoms with van der Waals surface area (Å²) in [5.41, 5.74) is 1.26. The van der Waals surface area contributed by atoms with Gasteiger partial charge in [0.25, 0.3) is 0 Å². The molecule has 94 valence electrons. The molecule has 1 heterocycles. The summed E-state index contributed by atoms with van der Waals surface area (Å²) in [7, 11) is 0. The van der Waals surface area contributed by atoms with Crippen LogP contribution in [-0.2, 0) is 0 Å². The van der Waals surface area contributed by atoms with Crippen LogP contribution >= 0.6 is 0 Å². The van der Waals surface area contributed by atoms with E-state index in [1.54, 1.807) is 0 Å². The molecule has 0 radical (unpaired) electrons. The molecule has 0 spiro atoms. The van der Waals surface area contributed by atoms with Gasteiger partial charge in [-0.2, -0.15) is 0 Å². The molecule has 0 amide bonds. The van der Waals surface area contributed by atoms with Crippen molar-refractivity contribution < 1.29 is 0 Å². The summed E-state index contributed by atoms with van der Waals surface area (Å²) in [5, 5.41) is 8.81. The average molecular weight is 233 g/mol. The van der Waals surface area contributed by atoms with Crippen molar-refractivity contribution in [2.24, 2.45) is 0 Å². The summed E-state index contributed by atoms with van der Waals surface area (Å²) in [4.78, 5) is 0. The standard InChI is InChI=1S/C14H23N3/c1-3-7-12(8-4-1)14-11-17(16-15-14)13-9-5-2-6-10-13/h11-13H,1-10H2. The van der Waals surface area contributed by atoms with Crippen LogP contribution in [0.5, 0.6) is 0 Å². The molecule has 1 aromatic rings. The van der Waals surface area contributed by atoms with E-state index < -0.39 is 0 Å². The summed E-state index contributed by atoms with van der Waals surface area (Å²) in [5.74, 6) is 0.695. The van der Waals surface area contributed by atoms with Crippen molar-refractivity contribution in [2.45, 2.75) is 76.2 Å². The van der Waals surface area contributed by atoms with E-state index >= 15 is 0 Å². The number of aromatic nitrogens is 3. The molecule has 0 bridgehead atoms. The van der Waals surface area contributed by atoms with Crippen LogP contribution in [0.4, 0.5) is 0 Å². The first-order valence-corrected chi connectivity index (χ1v) is 7.35. The van der Waals surface area contributed by atoms with Crippen molar-refractivity contribution in [1.82, 2.24) is 15.0 Å². The Hall–Kier alpha value is -0.860. The van der Waals surface area contributed by atoms with E-state index in [4.69, 9.17) is 0 Å². The van der Waals surface area contributed by atoms with Crippen LogP contribution in [-0.4, -0.2) is 15.0 Å². The lowest BCUT2D eigenvalue weighted by atomic mass is 9.87. The molecule has 3 rings (SSSR count). The minimum atomic E-state index is 0.633. The fourth-order valence-corrected chi connectivity index (χ4v) is 3.40. The zero-order valence-electron chi connectivity index (χ0n) is 10.6. The van der Waals surface area contributed by atoms with Gasteiger partial charge in [-0.25, -0.2) is 4.68 Å². The molecular weight excluding hydrogens is 210 g/mol. The molecule has 0 aromatic carbocycles. The van der Waals surface area contributed by atoms with Crippen molar-refractivity contribution in [3.63, 3.8) is 0 Å². The van der Waals surface area contributed by atoms with Crippen LogP contribution < -0.4 is 0 Å².